The minimum Gasteiger partial charge on any atom is -0.295 e. The van der Waals surface area contributed by atoms with E-state index in [1.165, 1.54) is 26.3 Å². The molecule has 0 unspecified atom stereocenters. The highest BCUT2D eigenvalue weighted by Gasteiger charge is 2.21. The van der Waals surface area contributed by atoms with Crippen molar-refractivity contribution in [2.45, 2.75) is 17.7 Å². The summed E-state index contributed by atoms with van der Waals surface area (Å²) in [7, 11) is -0.489. The SMILES string of the molecule is Cn1c(=O)n(C)c2cc(S(=O)(=O)Nc3ccc4c5c(cccc35)CC4)ccc21. The number of nitrogens with one attached hydrogen (secondary N) is 1. The van der Waals surface area contributed by atoms with Crippen LogP contribution in [-0.2, 0) is 37.0 Å². The van der Waals surface area contributed by atoms with Crippen molar-refractivity contribution in [1.29, 1.82) is 0 Å². The first-order chi connectivity index (χ1) is 13.4. The van der Waals surface area contributed by atoms with Crippen molar-refractivity contribution in [3.63, 3.8) is 0 Å². The van der Waals surface area contributed by atoms with Crippen LogP contribution < -0.4 is 10.4 Å². The zero-order chi connectivity index (χ0) is 19.6. The molecule has 142 valence electrons. The third-order valence-corrected chi connectivity index (χ3v) is 7.04. The summed E-state index contributed by atoms with van der Waals surface area (Å²) in [5, 5.41) is 2.08. The van der Waals surface area contributed by atoms with Gasteiger partial charge in [-0.2, -0.15) is 0 Å². The van der Waals surface area contributed by atoms with Gasteiger partial charge in [0, 0.05) is 19.5 Å². The van der Waals surface area contributed by atoms with Crippen molar-refractivity contribution in [3.05, 3.63) is 70.1 Å². The monoisotopic (exact) mass is 393 g/mol. The zero-order valence-electron chi connectivity index (χ0n) is 15.6. The fraction of sp³-hybridized carbons (Fsp3) is 0.190. The molecule has 7 heteroatoms. The third kappa shape index (κ3) is 2.32. The lowest BCUT2D eigenvalue weighted by Crippen LogP contribution is -2.19. The van der Waals surface area contributed by atoms with E-state index in [2.05, 4.69) is 10.8 Å². The minimum atomic E-state index is -3.80. The summed E-state index contributed by atoms with van der Waals surface area (Å²) in [6.45, 7) is 0. The van der Waals surface area contributed by atoms with Crippen LogP contribution in [0.1, 0.15) is 11.1 Å². The van der Waals surface area contributed by atoms with Gasteiger partial charge in [0.25, 0.3) is 10.0 Å². The number of rotatable bonds is 3. The van der Waals surface area contributed by atoms with Crippen molar-refractivity contribution < 1.29 is 8.42 Å². The first kappa shape index (κ1) is 17.1. The van der Waals surface area contributed by atoms with Crippen molar-refractivity contribution in [3.8, 4) is 0 Å². The van der Waals surface area contributed by atoms with Crippen LogP contribution in [-0.4, -0.2) is 17.6 Å². The van der Waals surface area contributed by atoms with Gasteiger partial charge < -0.3 is 0 Å². The van der Waals surface area contributed by atoms with Crippen molar-refractivity contribution >= 4 is 37.5 Å². The molecule has 5 rings (SSSR count). The number of hydrogen-bond acceptors (Lipinski definition) is 3. The van der Waals surface area contributed by atoms with Gasteiger partial charge in [-0.1, -0.05) is 24.3 Å². The maximum absolute atomic E-state index is 13.1. The maximum Gasteiger partial charge on any atom is 0.328 e. The van der Waals surface area contributed by atoms with Crippen LogP contribution in [0, 0.1) is 0 Å². The second-order valence-electron chi connectivity index (χ2n) is 7.27. The second kappa shape index (κ2) is 5.72. The molecule has 0 saturated carbocycles. The summed E-state index contributed by atoms with van der Waals surface area (Å²) in [4.78, 5) is 12.2. The van der Waals surface area contributed by atoms with Gasteiger partial charge in [-0.25, -0.2) is 13.2 Å². The molecule has 1 aromatic heterocycles. The zero-order valence-corrected chi connectivity index (χ0v) is 16.4. The Balaban J connectivity index is 1.63. The highest BCUT2D eigenvalue weighted by Crippen LogP contribution is 2.35. The molecule has 1 aliphatic rings. The summed E-state index contributed by atoms with van der Waals surface area (Å²) < 4.78 is 31.8. The predicted molar refractivity (Wildman–Crippen MR) is 110 cm³/mol. The molecular formula is C21H19N3O3S. The molecule has 0 aliphatic heterocycles. The van der Waals surface area contributed by atoms with E-state index in [0.29, 0.717) is 16.7 Å². The minimum absolute atomic E-state index is 0.129. The largest absolute Gasteiger partial charge is 0.328 e. The molecule has 1 heterocycles. The molecule has 6 nitrogen and oxygen atoms in total. The van der Waals surface area contributed by atoms with Crippen molar-refractivity contribution in [2.24, 2.45) is 14.1 Å². The molecular weight excluding hydrogens is 374 g/mol. The van der Waals surface area contributed by atoms with Gasteiger partial charge in [0.1, 0.15) is 0 Å². The fourth-order valence-electron chi connectivity index (χ4n) is 4.19. The predicted octanol–water partition coefficient (Wildman–Crippen LogP) is 2.93. The fourth-order valence-corrected chi connectivity index (χ4v) is 5.29. The smallest absolute Gasteiger partial charge is 0.295 e. The van der Waals surface area contributed by atoms with E-state index in [-0.39, 0.29) is 10.6 Å². The number of hydrogen-bond donors (Lipinski definition) is 1. The second-order valence-corrected chi connectivity index (χ2v) is 8.95. The number of aryl methyl sites for hydroxylation is 4. The Morgan fingerprint density at radius 2 is 1.61 bits per heavy atom. The Kier molecular flexibility index (Phi) is 3.49. The first-order valence-electron chi connectivity index (χ1n) is 9.08. The lowest BCUT2D eigenvalue weighted by atomic mass is 10.0. The maximum atomic E-state index is 13.1. The Morgan fingerprint density at radius 3 is 2.39 bits per heavy atom. The van der Waals surface area contributed by atoms with Crippen molar-refractivity contribution in [1.82, 2.24) is 9.13 Å². The van der Waals surface area contributed by atoms with Crippen LogP contribution in [0.3, 0.4) is 0 Å². The molecule has 0 atom stereocenters. The topological polar surface area (TPSA) is 73.1 Å². The summed E-state index contributed by atoms with van der Waals surface area (Å²) >= 11 is 0. The van der Waals surface area contributed by atoms with E-state index in [0.717, 1.165) is 23.6 Å². The quantitative estimate of drug-likeness (QED) is 0.582. The molecule has 1 N–H and O–H groups in total. The van der Waals surface area contributed by atoms with Crippen LogP contribution in [0.2, 0.25) is 0 Å². The molecule has 0 fully saturated rings. The van der Waals surface area contributed by atoms with Gasteiger partial charge in [0.2, 0.25) is 0 Å². The van der Waals surface area contributed by atoms with Crippen LogP contribution in [0.5, 0.6) is 0 Å². The summed E-state index contributed by atoms with van der Waals surface area (Å²) in [5.74, 6) is 0. The highest BCUT2D eigenvalue weighted by atomic mass is 32.2. The first-order valence-corrected chi connectivity index (χ1v) is 10.6. The Bertz CT molecular complexity index is 1440. The van der Waals surface area contributed by atoms with E-state index in [1.807, 2.05) is 24.3 Å². The highest BCUT2D eigenvalue weighted by molar-refractivity contribution is 7.92. The van der Waals surface area contributed by atoms with Gasteiger partial charge in [-0.05, 0) is 53.6 Å². The Labute approximate surface area is 162 Å². The molecule has 28 heavy (non-hydrogen) atoms. The molecule has 0 radical (unpaired) electrons. The molecule has 0 amide bonds. The van der Waals surface area contributed by atoms with Crippen LogP contribution in [0.4, 0.5) is 5.69 Å². The van der Waals surface area contributed by atoms with E-state index in [1.54, 1.807) is 26.2 Å². The van der Waals surface area contributed by atoms with Gasteiger partial charge in [-0.3, -0.25) is 13.9 Å². The lowest BCUT2D eigenvalue weighted by Gasteiger charge is -2.12. The Hall–Kier alpha value is -3.06. The van der Waals surface area contributed by atoms with Crippen LogP contribution in [0.25, 0.3) is 21.8 Å². The summed E-state index contributed by atoms with van der Waals surface area (Å²) in [5.41, 5.74) is 4.17. The van der Waals surface area contributed by atoms with Gasteiger partial charge in [0.05, 0.1) is 21.6 Å². The molecule has 1 aliphatic carbocycles. The summed E-state index contributed by atoms with van der Waals surface area (Å²) in [6.07, 6.45) is 1.98. The number of sulfonamides is 1. The molecule has 4 aromatic rings. The number of benzene rings is 3. The average molecular weight is 393 g/mol. The molecule has 3 aromatic carbocycles. The van der Waals surface area contributed by atoms with Crippen molar-refractivity contribution in [2.75, 3.05) is 4.72 Å². The molecule has 0 bridgehead atoms. The normalized spacial score (nSPS) is 13.5. The molecule has 0 spiro atoms. The Morgan fingerprint density at radius 1 is 0.893 bits per heavy atom. The third-order valence-electron chi connectivity index (χ3n) is 5.67. The standard InChI is InChI=1S/C21H19N3O3S/c1-23-18-11-9-15(12-19(18)24(2)21(23)25)28(26,27)22-17-10-8-14-7-6-13-4-3-5-16(17)20(13)14/h3-5,8-12,22H,6-7H2,1-2H3. The van der Waals surface area contributed by atoms with Crippen LogP contribution >= 0.6 is 0 Å². The number of anilines is 1. The van der Waals surface area contributed by atoms with E-state index in [9.17, 15) is 13.2 Å². The van der Waals surface area contributed by atoms with Crippen LogP contribution in [0.15, 0.2) is 58.2 Å². The number of nitrogens with zero attached hydrogens (tertiary/aromatic N) is 2. The average Bonchev–Trinajstić information content (AvgIpc) is 3.20. The van der Waals surface area contributed by atoms with E-state index >= 15 is 0 Å². The van der Waals surface area contributed by atoms with Gasteiger partial charge in [0.15, 0.2) is 0 Å². The number of aromatic nitrogens is 2. The summed E-state index contributed by atoms with van der Waals surface area (Å²) in [6, 6.07) is 14.6. The lowest BCUT2D eigenvalue weighted by molar-refractivity contribution is 0.601. The van der Waals surface area contributed by atoms with E-state index < -0.39 is 10.0 Å². The van der Waals surface area contributed by atoms with E-state index in [4.69, 9.17) is 0 Å². The number of fused-ring (bicyclic) bond motifs is 1. The molecule has 0 saturated heterocycles. The van der Waals surface area contributed by atoms with Gasteiger partial charge >= 0.3 is 5.69 Å². The van der Waals surface area contributed by atoms with Gasteiger partial charge in [-0.15, -0.1) is 0 Å². The number of imidazole rings is 1.